The van der Waals surface area contributed by atoms with Crippen molar-refractivity contribution in [2.24, 2.45) is 5.92 Å². The number of nitriles is 1. The molecule has 1 saturated heterocycles. The molecule has 10 heteroatoms. The van der Waals surface area contributed by atoms with E-state index in [1.165, 1.54) is 0 Å². The third-order valence-corrected chi connectivity index (χ3v) is 8.53. The van der Waals surface area contributed by atoms with E-state index in [2.05, 4.69) is 43.9 Å². The molecule has 44 heavy (non-hydrogen) atoms. The van der Waals surface area contributed by atoms with Gasteiger partial charge in [-0.3, -0.25) is 15.0 Å². The fourth-order valence-electron chi connectivity index (χ4n) is 5.87. The third-order valence-electron chi connectivity index (χ3n) is 8.53. The number of ketones is 1. The van der Waals surface area contributed by atoms with Crippen LogP contribution in [0.4, 0.5) is 5.69 Å². The van der Waals surface area contributed by atoms with Gasteiger partial charge in [-0.2, -0.15) is 5.26 Å². The van der Waals surface area contributed by atoms with Crippen LogP contribution in [0.25, 0.3) is 0 Å². The number of nitrogens with zero attached hydrogens (tertiary/aromatic N) is 4. The molecule has 236 valence electrons. The topological polar surface area (TPSA) is 120 Å². The van der Waals surface area contributed by atoms with E-state index in [0.29, 0.717) is 62.3 Å². The number of benzene rings is 1. The van der Waals surface area contributed by atoms with E-state index < -0.39 is 0 Å². The molecule has 2 aliphatic heterocycles. The molecule has 5 rings (SSSR count). The largest absolute Gasteiger partial charge is 0.491 e. The van der Waals surface area contributed by atoms with E-state index in [1.807, 2.05) is 17.0 Å². The highest BCUT2D eigenvalue weighted by Gasteiger charge is 2.33. The molecule has 3 aliphatic rings. The molecular weight excluding hydrogens is 622 g/mol. The van der Waals surface area contributed by atoms with Gasteiger partial charge in [-0.25, -0.2) is 4.98 Å². The van der Waals surface area contributed by atoms with Gasteiger partial charge in [0.1, 0.15) is 17.3 Å². The van der Waals surface area contributed by atoms with Gasteiger partial charge in [0, 0.05) is 60.3 Å². The Morgan fingerprint density at radius 2 is 1.86 bits per heavy atom. The van der Waals surface area contributed by atoms with Crippen molar-refractivity contribution < 1.29 is 19.1 Å². The standard InChI is InChI=1S/C34H43N5O4.BrH/c1-5-42-30(41)7-6-16-43-32-26(34(2,3)4)17-25(18-28(32)38-14-12-22(19-35)13-15-38)29(40)21-39-20-24-10-11-27(23-8-9-23)37-31(24)33(39)36;/h10-11,17-18,22-23,36H,5-9,12-16,20-21H2,1-4H3;1H. The van der Waals surface area contributed by atoms with Crippen molar-refractivity contribution in [3.63, 3.8) is 0 Å². The summed E-state index contributed by atoms with van der Waals surface area (Å²) >= 11 is 0. The van der Waals surface area contributed by atoms with Gasteiger partial charge in [0.15, 0.2) is 5.78 Å². The van der Waals surface area contributed by atoms with Crippen molar-refractivity contribution in [1.82, 2.24) is 9.88 Å². The van der Waals surface area contributed by atoms with Crippen LogP contribution in [-0.4, -0.2) is 60.3 Å². The third kappa shape index (κ3) is 7.60. The molecule has 1 aliphatic carbocycles. The fraction of sp³-hybridized carbons (Fsp3) is 0.559. The van der Waals surface area contributed by atoms with Gasteiger partial charge < -0.3 is 19.3 Å². The van der Waals surface area contributed by atoms with Crippen LogP contribution in [0.2, 0.25) is 0 Å². The Morgan fingerprint density at radius 3 is 2.50 bits per heavy atom. The highest BCUT2D eigenvalue weighted by molar-refractivity contribution is 8.93. The number of ether oxygens (including phenoxy) is 2. The minimum absolute atomic E-state index is 0. The first-order valence-corrected chi connectivity index (χ1v) is 15.6. The first kappa shape index (κ1) is 33.4. The summed E-state index contributed by atoms with van der Waals surface area (Å²) < 4.78 is 11.5. The highest BCUT2D eigenvalue weighted by atomic mass is 79.9. The summed E-state index contributed by atoms with van der Waals surface area (Å²) in [4.78, 5) is 34.6. The minimum Gasteiger partial charge on any atom is -0.491 e. The van der Waals surface area contributed by atoms with Crippen molar-refractivity contribution in [1.29, 1.82) is 10.7 Å². The monoisotopic (exact) mass is 665 g/mol. The van der Waals surface area contributed by atoms with Crippen LogP contribution < -0.4 is 9.64 Å². The Hall–Kier alpha value is -3.45. The number of halogens is 1. The van der Waals surface area contributed by atoms with E-state index in [0.717, 1.165) is 53.9 Å². The van der Waals surface area contributed by atoms with E-state index in [9.17, 15) is 14.9 Å². The molecule has 2 fully saturated rings. The Balaban J connectivity index is 0.00000442. The number of aromatic nitrogens is 1. The van der Waals surface area contributed by atoms with Crippen LogP contribution in [0.5, 0.6) is 5.75 Å². The van der Waals surface area contributed by atoms with Crippen LogP contribution in [0.3, 0.4) is 0 Å². The lowest BCUT2D eigenvalue weighted by Crippen LogP contribution is -2.34. The van der Waals surface area contributed by atoms with Crippen LogP contribution in [-0.2, 0) is 21.5 Å². The normalized spacial score (nSPS) is 16.7. The Morgan fingerprint density at radius 1 is 1.14 bits per heavy atom. The van der Waals surface area contributed by atoms with E-state index in [4.69, 9.17) is 19.9 Å². The summed E-state index contributed by atoms with van der Waals surface area (Å²) in [5.41, 5.74) is 4.75. The highest BCUT2D eigenvalue weighted by Crippen LogP contribution is 2.42. The predicted molar refractivity (Wildman–Crippen MR) is 175 cm³/mol. The molecule has 0 atom stereocenters. The molecule has 0 amide bonds. The summed E-state index contributed by atoms with van der Waals surface area (Å²) in [6.45, 7) is 10.8. The fourth-order valence-corrected chi connectivity index (χ4v) is 5.87. The van der Waals surface area contributed by atoms with Crippen LogP contribution in [0.1, 0.15) is 105 Å². The number of carbonyl (C=O) groups is 2. The SMILES string of the molecule is Br.CCOC(=O)CCCOc1c(N2CCC(C#N)CC2)cc(C(=O)CN2Cc3ccc(C4CC4)nc3C2=N)cc1C(C)(C)C. The number of carbonyl (C=O) groups excluding carboxylic acids is 2. The van der Waals surface area contributed by atoms with Crippen LogP contribution in [0.15, 0.2) is 24.3 Å². The molecule has 0 bridgehead atoms. The number of hydrogen-bond donors (Lipinski definition) is 1. The maximum Gasteiger partial charge on any atom is 0.305 e. The van der Waals surface area contributed by atoms with Crippen LogP contribution >= 0.6 is 17.0 Å². The summed E-state index contributed by atoms with van der Waals surface area (Å²) in [6.07, 6.45) is 4.60. The molecule has 1 aromatic heterocycles. The lowest BCUT2D eigenvalue weighted by molar-refractivity contribution is -0.143. The molecule has 2 aromatic rings. The predicted octanol–water partition coefficient (Wildman–Crippen LogP) is 6.32. The second-order valence-electron chi connectivity index (χ2n) is 12.9. The van der Waals surface area contributed by atoms with Gasteiger partial charge in [-0.1, -0.05) is 26.8 Å². The van der Waals surface area contributed by atoms with Gasteiger partial charge in [0.2, 0.25) is 0 Å². The Bertz CT molecular complexity index is 1430. The Kier molecular flexibility index (Phi) is 10.7. The number of rotatable bonds is 11. The summed E-state index contributed by atoms with van der Waals surface area (Å²) in [5.74, 6) is 1.26. The molecule has 1 saturated carbocycles. The summed E-state index contributed by atoms with van der Waals surface area (Å²) in [7, 11) is 0. The van der Waals surface area contributed by atoms with Crippen molar-refractivity contribution in [3.8, 4) is 11.8 Å². The van der Waals surface area contributed by atoms with Gasteiger partial charge in [-0.15, -0.1) is 17.0 Å². The number of Topliss-reactive ketones (excluding diaryl/α,β-unsaturated/α-hetero) is 1. The van der Waals surface area contributed by atoms with Gasteiger partial charge >= 0.3 is 5.97 Å². The van der Waals surface area contributed by atoms with E-state index in [-0.39, 0.29) is 53.0 Å². The summed E-state index contributed by atoms with van der Waals surface area (Å²) in [6, 6.07) is 10.4. The zero-order valence-corrected chi connectivity index (χ0v) is 28.0. The lowest BCUT2D eigenvalue weighted by Gasteiger charge is -2.35. The second-order valence-corrected chi connectivity index (χ2v) is 12.9. The van der Waals surface area contributed by atoms with Crippen molar-refractivity contribution >= 4 is 40.3 Å². The van der Waals surface area contributed by atoms with Crippen molar-refractivity contribution in [2.45, 2.75) is 84.1 Å². The average Bonchev–Trinajstić information content (AvgIpc) is 3.79. The van der Waals surface area contributed by atoms with Crippen molar-refractivity contribution in [2.75, 3.05) is 37.7 Å². The van der Waals surface area contributed by atoms with Gasteiger partial charge in [-0.05, 0) is 62.6 Å². The summed E-state index contributed by atoms with van der Waals surface area (Å²) in [5, 5.41) is 18.3. The maximum atomic E-state index is 13.9. The molecule has 3 heterocycles. The molecule has 0 unspecified atom stereocenters. The number of hydrogen-bond acceptors (Lipinski definition) is 8. The van der Waals surface area contributed by atoms with E-state index >= 15 is 0 Å². The zero-order chi connectivity index (χ0) is 30.7. The average molecular weight is 667 g/mol. The molecule has 1 N–H and O–H groups in total. The Labute approximate surface area is 271 Å². The molecule has 0 radical (unpaired) electrons. The smallest absolute Gasteiger partial charge is 0.305 e. The number of pyridine rings is 1. The van der Waals surface area contributed by atoms with Gasteiger partial charge in [0.05, 0.1) is 31.5 Å². The molecular formula is C34H44BrN5O4. The number of piperidine rings is 1. The first-order valence-electron chi connectivity index (χ1n) is 15.6. The van der Waals surface area contributed by atoms with E-state index in [1.54, 1.807) is 6.92 Å². The quantitative estimate of drug-likeness (QED) is 0.168. The number of anilines is 1. The van der Waals surface area contributed by atoms with Gasteiger partial charge in [0.25, 0.3) is 0 Å². The minimum atomic E-state index is -0.327. The second kappa shape index (κ2) is 14.1. The first-order chi connectivity index (χ1) is 20.6. The molecule has 0 spiro atoms. The van der Waals surface area contributed by atoms with Crippen LogP contribution in [0, 0.1) is 22.7 Å². The lowest BCUT2D eigenvalue weighted by atomic mass is 9.84. The number of amidine groups is 1. The number of fused-ring (bicyclic) bond motifs is 1. The molecule has 1 aromatic carbocycles. The number of esters is 1. The zero-order valence-electron chi connectivity index (χ0n) is 26.3. The maximum absolute atomic E-state index is 13.9. The van der Waals surface area contributed by atoms with Crippen molar-refractivity contribution in [3.05, 3.63) is 52.3 Å². The number of nitrogens with one attached hydrogen (secondary N) is 1. The molecule has 9 nitrogen and oxygen atoms in total.